The van der Waals surface area contributed by atoms with Gasteiger partial charge < -0.3 is 9.47 Å². The number of hydrazine groups is 1. The maximum absolute atomic E-state index is 12.8. The lowest BCUT2D eigenvalue weighted by Gasteiger charge is -2.15. The highest BCUT2D eigenvalue weighted by atomic mass is 79.9. The Bertz CT molecular complexity index is 1010. The van der Waals surface area contributed by atoms with E-state index in [4.69, 9.17) is 21.7 Å². The molecule has 1 fully saturated rings. The third kappa shape index (κ3) is 5.21. The van der Waals surface area contributed by atoms with Crippen LogP contribution in [-0.4, -0.2) is 34.4 Å². The second-order valence-corrected chi connectivity index (χ2v) is 8.63. The summed E-state index contributed by atoms with van der Waals surface area (Å²) in [6.45, 7) is 4.81. The Balaban J connectivity index is 1.78. The summed E-state index contributed by atoms with van der Waals surface area (Å²) in [6, 6.07) is 12.3. The second-order valence-electron chi connectivity index (χ2n) is 6.04. The number of carbonyl (C=O) groups excluding carboxylic acids is 2. The Morgan fingerprint density at radius 1 is 1.13 bits per heavy atom. The van der Waals surface area contributed by atoms with Crippen LogP contribution in [0.15, 0.2) is 51.8 Å². The average Bonchev–Trinajstić information content (AvgIpc) is 2.98. The molecule has 3 rings (SSSR count). The van der Waals surface area contributed by atoms with Gasteiger partial charge in [-0.1, -0.05) is 33.8 Å². The lowest BCUT2D eigenvalue weighted by molar-refractivity contribution is -0.123. The van der Waals surface area contributed by atoms with Crippen LogP contribution in [0.3, 0.4) is 0 Å². The van der Waals surface area contributed by atoms with Crippen LogP contribution < -0.4 is 14.9 Å². The molecule has 1 aliphatic rings. The summed E-state index contributed by atoms with van der Waals surface area (Å²) in [4.78, 5) is 25.6. The summed E-state index contributed by atoms with van der Waals surface area (Å²) in [5, 5.41) is 1.09. The fourth-order valence-corrected chi connectivity index (χ4v) is 4.08. The van der Waals surface area contributed by atoms with E-state index < -0.39 is 5.91 Å². The van der Waals surface area contributed by atoms with E-state index in [2.05, 4.69) is 21.4 Å². The molecule has 0 atom stereocenters. The molecule has 1 heterocycles. The van der Waals surface area contributed by atoms with Gasteiger partial charge in [0.25, 0.3) is 11.8 Å². The van der Waals surface area contributed by atoms with Gasteiger partial charge in [-0.05, 0) is 74.1 Å². The number of hydrogen-bond acceptors (Lipinski definition) is 6. The zero-order chi connectivity index (χ0) is 21.7. The maximum atomic E-state index is 12.8. The van der Waals surface area contributed by atoms with Gasteiger partial charge in [0.2, 0.25) is 0 Å². The van der Waals surface area contributed by atoms with Gasteiger partial charge >= 0.3 is 0 Å². The van der Waals surface area contributed by atoms with Crippen molar-refractivity contribution >= 4 is 62.1 Å². The lowest BCUT2D eigenvalue weighted by Crippen LogP contribution is -2.44. The second kappa shape index (κ2) is 10.1. The fourth-order valence-electron chi connectivity index (χ4n) is 2.64. The van der Waals surface area contributed by atoms with Crippen molar-refractivity contribution < 1.29 is 19.1 Å². The van der Waals surface area contributed by atoms with Crippen molar-refractivity contribution in [3.63, 3.8) is 0 Å². The maximum Gasteiger partial charge on any atom is 0.285 e. The molecular weight excluding hydrogens is 488 g/mol. The topological polar surface area (TPSA) is 67.9 Å². The number of hydrogen-bond donors (Lipinski definition) is 1. The number of carbonyl (C=O) groups is 2. The highest BCUT2D eigenvalue weighted by Crippen LogP contribution is 2.34. The molecule has 2 amide bonds. The zero-order valence-corrected chi connectivity index (χ0v) is 19.5. The van der Waals surface area contributed by atoms with Gasteiger partial charge in [0.15, 0.2) is 15.8 Å². The Morgan fingerprint density at radius 2 is 1.80 bits per heavy atom. The number of thioether (sulfide) groups is 1. The molecule has 1 N–H and O–H groups in total. The number of benzene rings is 2. The number of nitrogens with zero attached hydrogens (tertiary/aromatic N) is 1. The van der Waals surface area contributed by atoms with E-state index >= 15 is 0 Å². The van der Waals surface area contributed by atoms with Crippen molar-refractivity contribution in [2.45, 2.75) is 13.8 Å². The molecule has 2 aromatic rings. The zero-order valence-electron chi connectivity index (χ0n) is 16.3. The first kappa shape index (κ1) is 22.3. The number of thiocarbonyl (C=S) groups is 1. The lowest BCUT2D eigenvalue weighted by atomic mass is 10.2. The van der Waals surface area contributed by atoms with Gasteiger partial charge in [-0.15, -0.1) is 0 Å². The Morgan fingerprint density at radius 3 is 2.47 bits per heavy atom. The van der Waals surface area contributed by atoms with E-state index in [0.717, 1.165) is 26.8 Å². The van der Waals surface area contributed by atoms with Crippen LogP contribution in [0.1, 0.15) is 29.8 Å². The first-order valence-electron chi connectivity index (χ1n) is 9.17. The molecule has 30 heavy (non-hydrogen) atoms. The highest BCUT2D eigenvalue weighted by molar-refractivity contribution is 9.10. The van der Waals surface area contributed by atoms with E-state index in [1.165, 1.54) is 0 Å². The Kier molecular flexibility index (Phi) is 7.52. The largest absolute Gasteiger partial charge is 0.490 e. The predicted molar refractivity (Wildman–Crippen MR) is 125 cm³/mol. The van der Waals surface area contributed by atoms with Crippen LogP contribution in [0.4, 0.5) is 0 Å². The summed E-state index contributed by atoms with van der Waals surface area (Å²) in [5.74, 6) is 0.444. The molecule has 0 unspecified atom stereocenters. The number of nitrogens with one attached hydrogen (secondary N) is 1. The molecule has 156 valence electrons. The smallest absolute Gasteiger partial charge is 0.285 e. The van der Waals surface area contributed by atoms with Crippen molar-refractivity contribution in [2.24, 2.45) is 0 Å². The van der Waals surface area contributed by atoms with Crippen molar-refractivity contribution in [3.05, 3.63) is 63.0 Å². The van der Waals surface area contributed by atoms with E-state index in [9.17, 15) is 9.59 Å². The van der Waals surface area contributed by atoms with Crippen LogP contribution in [0.2, 0.25) is 0 Å². The van der Waals surface area contributed by atoms with Gasteiger partial charge in [0, 0.05) is 10.0 Å². The molecular formula is C21H19BrN2O4S2. The SMILES string of the molecule is CCOc1ccc(/C=C2\SC(=S)N(NC(=O)c3ccc(Br)cc3)C2=O)cc1OCC. The number of amides is 2. The van der Waals surface area contributed by atoms with Crippen molar-refractivity contribution in [1.29, 1.82) is 0 Å². The molecule has 1 saturated heterocycles. The van der Waals surface area contributed by atoms with E-state index in [1.54, 1.807) is 42.5 Å². The molecule has 0 radical (unpaired) electrons. The van der Waals surface area contributed by atoms with Crippen LogP contribution in [0.25, 0.3) is 6.08 Å². The Labute approximate surface area is 192 Å². The van der Waals surface area contributed by atoms with Crippen LogP contribution in [0, 0.1) is 0 Å². The highest BCUT2D eigenvalue weighted by Gasteiger charge is 2.33. The summed E-state index contributed by atoms with van der Waals surface area (Å²) in [5.41, 5.74) is 3.76. The number of ether oxygens (including phenoxy) is 2. The molecule has 0 saturated carbocycles. The molecule has 6 nitrogen and oxygen atoms in total. The number of rotatable bonds is 7. The Hall–Kier alpha value is -2.36. The minimum Gasteiger partial charge on any atom is -0.490 e. The normalized spacial score (nSPS) is 14.9. The predicted octanol–water partition coefficient (Wildman–Crippen LogP) is 4.79. The molecule has 0 aliphatic carbocycles. The van der Waals surface area contributed by atoms with Gasteiger partial charge in [-0.3, -0.25) is 15.0 Å². The van der Waals surface area contributed by atoms with Crippen LogP contribution in [0.5, 0.6) is 11.5 Å². The van der Waals surface area contributed by atoms with Gasteiger partial charge in [-0.25, -0.2) is 0 Å². The number of halogens is 1. The van der Waals surface area contributed by atoms with E-state index in [1.807, 2.05) is 19.9 Å². The van der Waals surface area contributed by atoms with Gasteiger partial charge in [0.05, 0.1) is 18.1 Å². The summed E-state index contributed by atoms with van der Waals surface area (Å²) < 4.78 is 12.3. The summed E-state index contributed by atoms with van der Waals surface area (Å²) in [6.07, 6.45) is 1.71. The average molecular weight is 507 g/mol. The van der Waals surface area contributed by atoms with E-state index in [-0.39, 0.29) is 10.2 Å². The van der Waals surface area contributed by atoms with Gasteiger partial charge in [-0.2, -0.15) is 5.01 Å². The van der Waals surface area contributed by atoms with Crippen molar-refractivity contribution in [1.82, 2.24) is 10.4 Å². The van der Waals surface area contributed by atoms with Crippen LogP contribution in [-0.2, 0) is 4.79 Å². The fraction of sp³-hybridized carbons (Fsp3) is 0.190. The third-order valence-corrected chi connectivity index (χ3v) is 5.81. The minimum absolute atomic E-state index is 0.257. The molecule has 0 bridgehead atoms. The first-order valence-corrected chi connectivity index (χ1v) is 11.2. The molecule has 9 heteroatoms. The molecule has 1 aliphatic heterocycles. The standard InChI is InChI=1S/C21H19BrN2O4S2/c1-3-27-16-10-5-13(11-17(16)28-4-2)12-18-20(26)24(21(29)30-18)23-19(25)14-6-8-15(22)9-7-14/h5-12H,3-4H2,1-2H3,(H,23,25)/b18-12-. The van der Waals surface area contributed by atoms with Crippen LogP contribution >= 0.6 is 39.9 Å². The molecule has 2 aromatic carbocycles. The quantitative estimate of drug-likeness (QED) is 0.430. The summed E-state index contributed by atoms with van der Waals surface area (Å²) in [7, 11) is 0. The van der Waals surface area contributed by atoms with Crippen molar-refractivity contribution in [3.8, 4) is 11.5 Å². The van der Waals surface area contributed by atoms with E-state index in [0.29, 0.717) is 35.2 Å². The molecule has 0 aromatic heterocycles. The third-order valence-electron chi connectivity index (χ3n) is 3.98. The van der Waals surface area contributed by atoms with Crippen molar-refractivity contribution in [2.75, 3.05) is 13.2 Å². The minimum atomic E-state index is -0.417. The summed E-state index contributed by atoms with van der Waals surface area (Å²) >= 11 is 9.73. The monoisotopic (exact) mass is 506 g/mol. The first-order chi connectivity index (χ1) is 14.4. The molecule has 0 spiro atoms. The van der Waals surface area contributed by atoms with Gasteiger partial charge in [0.1, 0.15) is 0 Å².